The Bertz CT molecular complexity index is 1260. The normalized spacial score (nSPS) is 24.5. The Morgan fingerprint density at radius 1 is 1.31 bits per heavy atom. The number of carbonyl (C=O) groups is 2. The SMILES string of the molecule is Cn1ccc(-c2cn([C@@H]3O[C@H](C(=O)NCCCN4CCCC4=O)[C@@H](O)[C@H]3O)c3ncnc(N)c23)n1. The van der Waals surface area contributed by atoms with E-state index in [9.17, 15) is 19.8 Å². The van der Waals surface area contributed by atoms with Crippen molar-refractivity contribution in [1.29, 1.82) is 0 Å². The Morgan fingerprint density at radius 3 is 2.86 bits per heavy atom. The lowest BCUT2D eigenvalue weighted by Crippen LogP contribution is -2.43. The van der Waals surface area contributed by atoms with E-state index in [1.807, 2.05) is 0 Å². The molecule has 35 heavy (non-hydrogen) atoms. The average molecular weight is 485 g/mol. The van der Waals surface area contributed by atoms with Crippen LogP contribution in [0.4, 0.5) is 5.82 Å². The Kier molecular flexibility index (Phi) is 6.13. The minimum Gasteiger partial charge on any atom is -0.387 e. The van der Waals surface area contributed by atoms with Crippen LogP contribution in [0, 0.1) is 0 Å². The first kappa shape index (κ1) is 23.2. The summed E-state index contributed by atoms with van der Waals surface area (Å²) in [5, 5.41) is 29.0. The topological polar surface area (TPSA) is 174 Å². The molecule has 0 spiro atoms. The maximum atomic E-state index is 12.7. The Labute approximate surface area is 200 Å². The number of nitrogens with zero attached hydrogens (tertiary/aromatic N) is 6. The van der Waals surface area contributed by atoms with Gasteiger partial charge < -0.3 is 35.5 Å². The molecule has 2 amide bonds. The molecule has 3 aromatic heterocycles. The number of aryl methyl sites for hydroxylation is 1. The quantitative estimate of drug-likeness (QED) is 0.312. The fraction of sp³-hybridized carbons (Fsp3) is 0.500. The number of fused-ring (bicyclic) bond motifs is 1. The van der Waals surface area contributed by atoms with Gasteiger partial charge in [-0.1, -0.05) is 0 Å². The second-order valence-electron chi connectivity index (χ2n) is 8.84. The first-order chi connectivity index (χ1) is 16.8. The lowest BCUT2D eigenvalue weighted by atomic mass is 10.1. The van der Waals surface area contributed by atoms with Gasteiger partial charge >= 0.3 is 0 Å². The summed E-state index contributed by atoms with van der Waals surface area (Å²) in [5.41, 5.74) is 7.77. The number of amides is 2. The molecule has 2 aliphatic rings. The molecule has 0 aromatic carbocycles. The smallest absolute Gasteiger partial charge is 0.252 e. The summed E-state index contributed by atoms with van der Waals surface area (Å²) < 4.78 is 9.02. The van der Waals surface area contributed by atoms with Crippen molar-refractivity contribution in [1.82, 2.24) is 34.5 Å². The predicted octanol–water partition coefficient (Wildman–Crippen LogP) is -0.838. The Morgan fingerprint density at radius 2 is 2.14 bits per heavy atom. The van der Waals surface area contributed by atoms with E-state index in [0.717, 1.165) is 13.0 Å². The summed E-state index contributed by atoms with van der Waals surface area (Å²) in [4.78, 5) is 34.6. The van der Waals surface area contributed by atoms with Crippen LogP contribution in [0.25, 0.3) is 22.3 Å². The van der Waals surface area contributed by atoms with E-state index in [4.69, 9.17) is 10.5 Å². The average Bonchev–Trinajstić information content (AvgIpc) is 3.60. The van der Waals surface area contributed by atoms with Crippen molar-refractivity contribution in [2.75, 3.05) is 25.4 Å². The highest BCUT2D eigenvalue weighted by molar-refractivity contribution is 5.99. The minimum absolute atomic E-state index is 0.130. The molecular weight excluding hydrogens is 456 g/mol. The molecule has 4 atom stereocenters. The summed E-state index contributed by atoms with van der Waals surface area (Å²) in [6.45, 7) is 1.62. The van der Waals surface area contributed by atoms with Gasteiger partial charge in [-0.15, -0.1) is 0 Å². The second-order valence-corrected chi connectivity index (χ2v) is 8.84. The van der Waals surface area contributed by atoms with E-state index in [2.05, 4.69) is 20.4 Å². The van der Waals surface area contributed by atoms with Gasteiger partial charge in [-0.25, -0.2) is 9.97 Å². The zero-order valence-electron chi connectivity index (χ0n) is 19.2. The predicted molar refractivity (Wildman–Crippen MR) is 124 cm³/mol. The molecule has 5 heterocycles. The molecule has 0 unspecified atom stereocenters. The van der Waals surface area contributed by atoms with E-state index in [0.29, 0.717) is 48.2 Å². The summed E-state index contributed by atoms with van der Waals surface area (Å²) in [6, 6.07) is 1.80. The minimum atomic E-state index is -1.45. The first-order valence-electron chi connectivity index (χ1n) is 11.5. The maximum Gasteiger partial charge on any atom is 0.252 e. The number of ether oxygens (including phenoxy) is 1. The largest absolute Gasteiger partial charge is 0.387 e. The van der Waals surface area contributed by atoms with Crippen LogP contribution in [-0.2, 0) is 21.4 Å². The van der Waals surface area contributed by atoms with Crippen molar-refractivity contribution in [3.63, 3.8) is 0 Å². The van der Waals surface area contributed by atoms with Crippen LogP contribution in [0.1, 0.15) is 25.5 Å². The number of likely N-dealkylation sites (tertiary alicyclic amines) is 1. The number of carbonyl (C=O) groups excluding carboxylic acids is 2. The number of rotatable bonds is 7. The molecule has 5 N–H and O–H groups in total. The fourth-order valence-electron chi connectivity index (χ4n) is 4.68. The zero-order valence-corrected chi connectivity index (χ0v) is 19.2. The molecule has 0 aliphatic carbocycles. The molecule has 186 valence electrons. The van der Waals surface area contributed by atoms with Gasteiger partial charge in [-0.3, -0.25) is 14.3 Å². The highest BCUT2D eigenvalue weighted by Gasteiger charge is 2.47. The summed E-state index contributed by atoms with van der Waals surface area (Å²) in [6.07, 6.45) is 1.55. The maximum absolute atomic E-state index is 12.7. The number of aliphatic hydroxyl groups excluding tert-OH is 2. The third-order valence-electron chi connectivity index (χ3n) is 6.47. The lowest BCUT2D eigenvalue weighted by molar-refractivity contribution is -0.137. The van der Waals surface area contributed by atoms with Gasteiger partial charge in [-0.05, 0) is 18.9 Å². The van der Waals surface area contributed by atoms with Crippen LogP contribution < -0.4 is 11.1 Å². The van der Waals surface area contributed by atoms with Crippen LogP contribution >= 0.6 is 0 Å². The number of nitrogens with one attached hydrogen (secondary N) is 1. The number of nitrogen functional groups attached to an aromatic ring is 1. The van der Waals surface area contributed by atoms with Crippen molar-refractivity contribution >= 4 is 28.7 Å². The molecule has 3 aromatic rings. The van der Waals surface area contributed by atoms with Gasteiger partial charge in [0.2, 0.25) is 5.91 Å². The molecule has 0 bridgehead atoms. The number of nitrogens with two attached hydrogens (primary N) is 1. The van der Waals surface area contributed by atoms with Crippen molar-refractivity contribution < 1.29 is 24.5 Å². The van der Waals surface area contributed by atoms with Crippen molar-refractivity contribution in [2.45, 2.75) is 43.8 Å². The number of hydrogen-bond donors (Lipinski definition) is 4. The Balaban J connectivity index is 1.33. The Hall–Kier alpha value is -3.55. The molecule has 2 saturated heterocycles. The molecule has 2 aliphatic heterocycles. The first-order valence-corrected chi connectivity index (χ1v) is 11.5. The summed E-state index contributed by atoms with van der Waals surface area (Å²) >= 11 is 0. The second kappa shape index (κ2) is 9.24. The number of aromatic nitrogens is 5. The summed E-state index contributed by atoms with van der Waals surface area (Å²) in [5.74, 6) is -0.180. The van der Waals surface area contributed by atoms with E-state index >= 15 is 0 Å². The number of hydrogen-bond acceptors (Lipinski definition) is 9. The van der Waals surface area contributed by atoms with Crippen molar-refractivity contribution in [2.24, 2.45) is 7.05 Å². The van der Waals surface area contributed by atoms with E-state index in [1.54, 1.807) is 35.1 Å². The number of aliphatic hydroxyl groups is 2. The zero-order chi connectivity index (χ0) is 24.7. The van der Waals surface area contributed by atoms with Gasteiger partial charge in [0.25, 0.3) is 5.91 Å². The third kappa shape index (κ3) is 4.22. The van der Waals surface area contributed by atoms with E-state index in [-0.39, 0.29) is 11.7 Å². The highest BCUT2D eigenvalue weighted by Crippen LogP contribution is 2.37. The standard InChI is InChI=1S/C22H28N8O5/c1-28-9-5-13(27-28)12-10-30(20-15(12)19(23)25-11-26-20)22-17(33)16(32)18(35-22)21(34)24-6-3-8-29-7-2-4-14(29)31/h5,9-11,16-18,22,32-33H,2-4,6-8H2,1H3,(H,24,34)(H2,23,25,26)/t16-,17+,18-,22+/m0/s1. The van der Waals surface area contributed by atoms with Gasteiger partial charge in [0.15, 0.2) is 12.3 Å². The van der Waals surface area contributed by atoms with Crippen LogP contribution in [0.3, 0.4) is 0 Å². The van der Waals surface area contributed by atoms with Gasteiger partial charge in [0, 0.05) is 51.1 Å². The van der Waals surface area contributed by atoms with Crippen molar-refractivity contribution in [3.05, 3.63) is 24.8 Å². The summed E-state index contributed by atoms with van der Waals surface area (Å²) in [7, 11) is 1.79. The fourth-order valence-corrected chi connectivity index (χ4v) is 4.68. The molecular formula is C22H28N8O5. The molecule has 0 saturated carbocycles. The molecule has 13 nitrogen and oxygen atoms in total. The van der Waals surface area contributed by atoms with E-state index < -0.39 is 30.4 Å². The van der Waals surface area contributed by atoms with Crippen LogP contribution in [-0.4, -0.2) is 89.2 Å². The van der Waals surface area contributed by atoms with Crippen LogP contribution in [0.2, 0.25) is 0 Å². The molecule has 5 rings (SSSR count). The molecule has 13 heteroatoms. The lowest BCUT2D eigenvalue weighted by Gasteiger charge is -2.17. The van der Waals surface area contributed by atoms with Crippen LogP contribution in [0.15, 0.2) is 24.8 Å². The third-order valence-corrected chi connectivity index (χ3v) is 6.47. The van der Waals surface area contributed by atoms with Gasteiger partial charge in [0.1, 0.15) is 30.0 Å². The molecule has 0 radical (unpaired) electrons. The van der Waals surface area contributed by atoms with Crippen LogP contribution in [0.5, 0.6) is 0 Å². The van der Waals surface area contributed by atoms with E-state index in [1.165, 1.54) is 10.9 Å². The highest BCUT2D eigenvalue weighted by atomic mass is 16.6. The number of anilines is 1. The van der Waals surface area contributed by atoms with Gasteiger partial charge in [0.05, 0.1) is 11.1 Å². The monoisotopic (exact) mass is 484 g/mol. The van der Waals surface area contributed by atoms with Crippen molar-refractivity contribution in [3.8, 4) is 11.3 Å². The molecule has 2 fully saturated rings. The van der Waals surface area contributed by atoms with Gasteiger partial charge in [-0.2, -0.15) is 5.10 Å².